The van der Waals surface area contributed by atoms with Gasteiger partial charge in [-0.3, -0.25) is 4.79 Å². The van der Waals surface area contributed by atoms with Gasteiger partial charge in [-0.15, -0.1) is 0 Å². The lowest BCUT2D eigenvalue weighted by Crippen LogP contribution is -2.60. The van der Waals surface area contributed by atoms with E-state index < -0.39 is 49.5 Å². The Hall–Kier alpha value is -1.85. The zero-order chi connectivity index (χ0) is 36.0. The fourth-order valence-corrected chi connectivity index (χ4v) is 5.64. The lowest BCUT2D eigenvalue weighted by molar-refractivity contribution is -0.302. The molecule has 1 aliphatic rings. The molecule has 0 spiro atoms. The summed E-state index contributed by atoms with van der Waals surface area (Å²) in [4.78, 5) is 12.8. The molecule has 7 atom stereocenters. The zero-order valence-electron chi connectivity index (χ0n) is 30.7. The Morgan fingerprint density at radius 1 is 0.673 bits per heavy atom. The molecule has 1 amide bonds. The molecule has 284 valence electrons. The van der Waals surface area contributed by atoms with Gasteiger partial charge in [0.2, 0.25) is 5.91 Å². The summed E-state index contributed by atoms with van der Waals surface area (Å²) in [6, 6.07) is -0.829. The summed E-state index contributed by atoms with van der Waals surface area (Å²) in [5.41, 5.74) is 0. The predicted octanol–water partition coefficient (Wildman–Crippen LogP) is 6.72. The Morgan fingerprint density at radius 2 is 1.18 bits per heavy atom. The topological polar surface area (TPSA) is 149 Å². The summed E-state index contributed by atoms with van der Waals surface area (Å²) in [5, 5.41) is 53.8. The number of amides is 1. The third kappa shape index (κ3) is 22.6. The second kappa shape index (κ2) is 30.9. The first kappa shape index (κ1) is 45.2. The molecule has 1 rings (SSSR count). The molecule has 0 aliphatic carbocycles. The standard InChI is InChI=1S/C40H71NO8/c1-3-5-7-9-11-13-15-17-18-20-22-24-26-28-30-36(44)41-33(32-48-40-39(47)38(46)37(45)35(31-42)49-40)34(43)29-27-25-23-21-19-16-14-12-10-8-6-4-2/h10,12,15,17,19,21,27,29,33-35,37-40,42-43,45-47H,3-9,11,13-14,16,18,20,22-26,28,30-32H2,1-2H3,(H,41,44)/b12-10+,17-15-,21-19+,29-27+. The van der Waals surface area contributed by atoms with Crippen LogP contribution in [-0.4, -0.2) is 87.5 Å². The number of nitrogens with one attached hydrogen (secondary N) is 1. The highest BCUT2D eigenvalue weighted by Gasteiger charge is 2.44. The number of hydrogen-bond donors (Lipinski definition) is 6. The van der Waals surface area contributed by atoms with Crippen LogP contribution in [0.1, 0.15) is 142 Å². The first-order chi connectivity index (χ1) is 23.8. The van der Waals surface area contributed by atoms with E-state index in [-0.39, 0.29) is 12.5 Å². The molecule has 1 fully saturated rings. The molecule has 9 nitrogen and oxygen atoms in total. The summed E-state index contributed by atoms with van der Waals surface area (Å²) >= 11 is 0. The van der Waals surface area contributed by atoms with Crippen molar-refractivity contribution in [2.45, 2.75) is 185 Å². The van der Waals surface area contributed by atoms with E-state index in [0.717, 1.165) is 70.6 Å². The van der Waals surface area contributed by atoms with E-state index >= 15 is 0 Å². The number of aliphatic hydroxyl groups is 5. The van der Waals surface area contributed by atoms with Gasteiger partial charge in [0, 0.05) is 6.42 Å². The lowest BCUT2D eigenvalue weighted by atomic mass is 9.99. The van der Waals surface area contributed by atoms with Crippen LogP contribution in [0.15, 0.2) is 48.6 Å². The highest BCUT2D eigenvalue weighted by molar-refractivity contribution is 5.76. The molecular formula is C40H71NO8. The Balaban J connectivity index is 2.50. The van der Waals surface area contributed by atoms with Crippen LogP contribution < -0.4 is 5.32 Å². The van der Waals surface area contributed by atoms with Gasteiger partial charge in [0.15, 0.2) is 6.29 Å². The molecule has 0 saturated carbocycles. The van der Waals surface area contributed by atoms with Crippen molar-refractivity contribution in [1.82, 2.24) is 5.32 Å². The number of hydrogen-bond acceptors (Lipinski definition) is 8. The summed E-state index contributed by atoms with van der Waals surface area (Å²) in [7, 11) is 0. The summed E-state index contributed by atoms with van der Waals surface area (Å²) < 4.78 is 11.1. The minimum atomic E-state index is -1.57. The number of carbonyl (C=O) groups is 1. The maximum atomic E-state index is 12.8. The number of carbonyl (C=O) groups excluding carboxylic acids is 1. The summed E-state index contributed by atoms with van der Waals surface area (Å²) in [6.07, 6.45) is 30.1. The van der Waals surface area contributed by atoms with E-state index in [4.69, 9.17) is 9.47 Å². The Labute approximate surface area is 297 Å². The first-order valence-electron chi connectivity index (χ1n) is 19.4. The number of rotatable bonds is 30. The van der Waals surface area contributed by atoms with Crippen LogP contribution in [0, 0.1) is 0 Å². The zero-order valence-corrected chi connectivity index (χ0v) is 30.7. The van der Waals surface area contributed by atoms with E-state index in [1.165, 1.54) is 51.4 Å². The Bertz CT molecular complexity index is 905. The van der Waals surface area contributed by atoms with Crippen LogP contribution in [0.25, 0.3) is 0 Å². The highest BCUT2D eigenvalue weighted by atomic mass is 16.7. The van der Waals surface area contributed by atoms with Gasteiger partial charge < -0.3 is 40.3 Å². The monoisotopic (exact) mass is 694 g/mol. The minimum Gasteiger partial charge on any atom is -0.394 e. The Kier molecular flexibility index (Phi) is 28.5. The van der Waals surface area contributed by atoms with Crippen molar-refractivity contribution in [3.8, 4) is 0 Å². The van der Waals surface area contributed by atoms with Gasteiger partial charge >= 0.3 is 0 Å². The molecular weight excluding hydrogens is 622 g/mol. The molecule has 0 aromatic heterocycles. The molecule has 0 aromatic rings. The molecule has 6 N–H and O–H groups in total. The molecule has 0 radical (unpaired) electrons. The highest BCUT2D eigenvalue weighted by Crippen LogP contribution is 2.22. The predicted molar refractivity (Wildman–Crippen MR) is 198 cm³/mol. The van der Waals surface area contributed by atoms with Crippen molar-refractivity contribution >= 4 is 5.91 Å². The van der Waals surface area contributed by atoms with Crippen molar-refractivity contribution in [3.63, 3.8) is 0 Å². The van der Waals surface area contributed by atoms with Crippen molar-refractivity contribution < 1.29 is 39.8 Å². The van der Waals surface area contributed by atoms with Gasteiger partial charge in [-0.25, -0.2) is 0 Å². The van der Waals surface area contributed by atoms with E-state index in [0.29, 0.717) is 6.42 Å². The molecule has 1 heterocycles. The van der Waals surface area contributed by atoms with Crippen LogP contribution >= 0.6 is 0 Å². The van der Waals surface area contributed by atoms with Gasteiger partial charge in [-0.1, -0.05) is 120 Å². The van der Waals surface area contributed by atoms with Gasteiger partial charge in [0.25, 0.3) is 0 Å². The van der Waals surface area contributed by atoms with E-state index in [2.05, 4.69) is 55.6 Å². The van der Waals surface area contributed by atoms with Crippen molar-refractivity contribution in [2.75, 3.05) is 13.2 Å². The summed E-state index contributed by atoms with van der Waals surface area (Å²) in [5.74, 6) is -0.205. The van der Waals surface area contributed by atoms with Gasteiger partial charge in [-0.05, 0) is 64.2 Å². The lowest BCUT2D eigenvalue weighted by Gasteiger charge is -2.40. The van der Waals surface area contributed by atoms with Crippen molar-refractivity contribution in [3.05, 3.63) is 48.6 Å². The average molecular weight is 694 g/mol. The first-order valence-corrected chi connectivity index (χ1v) is 19.4. The smallest absolute Gasteiger partial charge is 0.220 e. The second-order valence-corrected chi connectivity index (χ2v) is 13.3. The molecule has 0 aromatic carbocycles. The van der Waals surface area contributed by atoms with Crippen LogP contribution in [0.5, 0.6) is 0 Å². The maximum Gasteiger partial charge on any atom is 0.220 e. The third-order valence-electron chi connectivity index (χ3n) is 8.85. The number of aliphatic hydroxyl groups excluding tert-OH is 5. The molecule has 0 bridgehead atoms. The van der Waals surface area contributed by atoms with Crippen LogP contribution in [0.4, 0.5) is 0 Å². The maximum absolute atomic E-state index is 12.8. The largest absolute Gasteiger partial charge is 0.394 e. The normalized spacial score (nSPS) is 23.0. The van der Waals surface area contributed by atoms with Crippen LogP contribution in [0.2, 0.25) is 0 Å². The van der Waals surface area contributed by atoms with E-state index in [1.807, 2.05) is 6.08 Å². The number of ether oxygens (including phenoxy) is 2. The third-order valence-corrected chi connectivity index (χ3v) is 8.85. The average Bonchev–Trinajstić information content (AvgIpc) is 3.10. The van der Waals surface area contributed by atoms with E-state index in [9.17, 15) is 30.3 Å². The summed E-state index contributed by atoms with van der Waals surface area (Å²) in [6.45, 7) is 3.65. The van der Waals surface area contributed by atoms with Crippen molar-refractivity contribution in [1.29, 1.82) is 0 Å². The molecule has 1 aliphatic heterocycles. The fraction of sp³-hybridized carbons (Fsp3) is 0.775. The molecule has 49 heavy (non-hydrogen) atoms. The van der Waals surface area contributed by atoms with Crippen LogP contribution in [-0.2, 0) is 14.3 Å². The van der Waals surface area contributed by atoms with E-state index in [1.54, 1.807) is 6.08 Å². The number of allylic oxidation sites excluding steroid dienone is 7. The van der Waals surface area contributed by atoms with Crippen LogP contribution in [0.3, 0.4) is 0 Å². The fourth-order valence-electron chi connectivity index (χ4n) is 5.64. The quantitative estimate of drug-likeness (QED) is 0.0359. The molecule has 9 heteroatoms. The molecule has 1 saturated heterocycles. The van der Waals surface area contributed by atoms with Gasteiger partial charge in [-0.2, -0.15) is 0 Å². The second-order valence-electron chi connectivity index (χ2n) is 13.3. The SMILES string of the molecule is CCCC/C=C/CC/C=C/CC/C=C/C(O)C(COC1OC(CO)C(O)C(O)C1O)NC(=O)CCCCCCC/C=C\CCCCCCC. The van der Waals surface area contributed by atoms with Gasteiger partial charge in [0.05, 0.1) is 25.4 Å². The van der Waals surface area contributed by atoms with Gasteiger partial charge in [0.1, 0.15) is 24.4 Å². The Morgan fingerprint density at radius 3 is 1.78 bits per heavy atom. The minimum absolute atomic E-state index is 0.205. The van der Waals surface area contributed by atoms with Crippen molar-refractivity contribution in [2.24, 2.45) is 0 Å². The number of unbranched alkanes of at least 4 members (excludes halogenated alkanes) is 14. The molecule has 7 unspecified atom stereocenters.